The van der Waals surface area contributed by atoms with E-state index in [1.165, 1.54) is 5.56 Å². The second kappa shape index (κ2) is 8.77. The zero-order valence-corrected chi connectivity index (χ0v) is 13.8. The molecule has 1 amide bonds. The van der Waals surface area contributed by atoms with E-state index in [0.29, 0.717) is 5.69 Å². The lowest BCUT2D eigenvalue weighted by Gasteiger charge is -2.08. The van der Waals surface area contributed by atoms with E-state index in [1.807, 2.05) is 12.1 Å². The molecule has 0 atom stereocenters. The minimum Gasteiger partial charge on any atom is -0.477 e. The number of carbonyl (C=O) groups is 1. The molecule has 0 saturated carbocycles. The smallest absolute Gasteiger partial charge is 0.311 e. The van der Waals surface area contributed by atoms with Gasteiger partial charge >= 0.3 is 5.69 Å². The fourth-order valence-electron chi connectivity index (χ4n) is 2.23. The van der Waals surface area contributed by atoms with Crippen LogP contribution in [0.5, 0.6) is 5.75 Å². The molecule has 6 nitrogen and oxygen atoms in total. The van der Waals surface area contributed by atoms with Crippen LogP contribution in [0.2, 0.25) is 0 Å². The van der Waals surface area contributed by atoms with Gasteiger partial charge in [0.25, 0.3) is 5.91 Å². The van der Waals surface area contributed by atoms with Gasteiger partial charge in [-0.3, -0.25) is 14.9 Å². The average Bonchev–Trinajstić information content (AvgIpc) is 2.59. The number of nitro benzene ring substituents is 1. The number of carbonyl (C=O) groups excluding carboxylic acids is 1. The van der Waals surface area contributed by atoms with Crippen molar-refractivity contribution in [3.63, 3.8) is 0 Å². The third-order valence-corrected chi connectivity index (χ3v) is 3.53. The van der Waals surface area contributed by atoms with E-state index < -0.39 is 28.9 Å². The van der Waals surface area contributed by atoms with Crippen LogP contribution >= 0.6 is 0 Å². The molecule has 1 N–H and O–H groups in total. The van der Waals surface area contributed by atoms with Crippen molar-refractivity contribution in [2.75, 3.05) is 11.9 Å². The molecular weight excluding hydrogens is 327 g/mol. The third-order valence-electron chi connectivity index (χ3n) is 3.53. The minimum atomic E-state index is -0.693. The molecule has 25 heavy (non-hydrogen) atoms. The molecule has 0 fully saturated rings. The van der Waals surface area contributed by atoms with Crippen LogP contribution in [-0.2, 0) is 11.2 Å². The van der Waals surface area contributed by atoms with Crippen molar-refractivity contribution in [2.24, 2.45) is 0 Å². The summed E-state index contributed by atoms with van der Waals surface area (Å²) in [6, 6.07) is 10.3. The van der Waals surface area contributed by atoms with E-state index >= 15 is 0 Å². The number of unbranched alkanes of at least 4 members (excludes halogenated alkanes) is 1. The van der Waals surface area contributed by atoms with Crippen LogP contribution in [0.1, 0.15) is 25.3 Å². The second-order valence-electron chi connectivity index (χ2n) is 5.51. The van der Waals surface area contributed by atoms with Crippen molar-refractivity contribution in [2.45, 2.75) is 26.2 Å². The summed E-state index contributed by atoms with van der Waals surface area (Å²) in [5.74, 6) is -1.45. The Morgan fingerprint density at radius 3 is 2.60 bits per heavy atom. The standard InChI is InChI=1S/C18H19FN2O4/c1-2-3-4-13-5-8-15(9-6-13)20-18(22)12-25-17-11-14(19)7-10-16(17)21(23)24/h5-11H,2-4,12H2,1H3,(H,20,22). The maximum absolute atomic E-state index is 13.2. The molecule has 0 aliphatic rings. The van der Waals surface area contributed by atoms with Gasteiger partial charge in [-0.15, -0.1) is 0 Å². The first-order valence-electron chi connectivity index (χ1n) is 7.95. The number of aryl methyl sites for hydroxylation is 1. The van der Waals surface area contributed by atoms with Crippen LogP contribution in [0.15, 0.2) is 42.5 Å². The fraction of sp³-hybridized carbons (Fsp3) is 0.278. The predicted molar refractivity (Wildman–Crippen MR) is 92.2 cm³/mol. The normalized spacial score (nSPS) is 10.3. The molecule has 0 saturated heterocycles. The van der Waals surface area contributed by atoms with Gasteiger partial charge in [0, 0.05) is 17.8 Å². The Labute approximate surface area is 144 Å². The number of benzene rings is 2. The number of halogens is 1. The van der Waals surface area contributed by atoms with Crippen molar-refractivity contribution < 1.29 is 18.8 Å². The number of rotatable bonds is 8. The first-order chi connectivity index (χ1) is 12.0. The van der Waals surface area contributed by atoms with Crippen LogP contribution in [0.4, 0.5) is 15.8 Å². The summed E-state index contributed by atoms with van der Waals surface area (Å²) in [5.41, 5.74) is 1.39. The Bertz CT molecular complexity index is 747. The van der Waals surface area contributed by atoms with Crippen LogP contribution in [-0.4, -0.2) is 17.4 Å². The van der Waals surface area contributed by atoms with Crippen molar-refractivity contribution >= 4 is 17.3 Å². The SMILES string of the molecule is CCCCc1ccc(NC(=O)COc2cc(F)ccc2[N+](=O)[O-])cc1. The number of hydrogen-bond donors (Lipinski definition) is 1. The summed E-state index contributed by atoms with van der Waals surface area (Å²) < 4.78 is 18.3. The summed E-state index contributed by atoms with van der Waals surface area (Å²) in [6.45, 7) is 1.67. The van der Waals surface area contributed by atoms with Gasteiger partial charge in [0.05, 0.1) is 4.92 Å². The molecule has 2 aromatic rings. The summed E-state index contributed by atoms with van der Waals surface area (Å²) in [4.78, 5) is 22.1. The molecule has 0 aliphatic carbocycles. The van der Waals surface area contributed by atoms with Gasteiger partial charge in [-0.05, 0) is 36.6 Å². The predicted octanol–water partition coefficient (Wildman–Crippen LogP) is 4.09. The molecular formula is C18H19FN2O4. The Hall–Kier alpha value is -2.96. The minimum absolute atomic E-state index is 0.282. The third kappa shape index (κ3) is 5.56. The first-order valence-corrected chi connectivity index (χ1v) is 7.95. The Morgan fingerprint density at radius 1 is 1.24 bits per heavy atom. The average molecular weight is 346 g/mol. The maximum atomic E-state index is 13.2. The lowest BCUT2D eigenvalue weighted by molar-refractivity contribution is -0.385. The lowest BCUT2D eigenvalue weighted by atomic mass is 10.1. The number of nitro groups is 1. The highest BCUT2D eigenvalue weighted by atomic mass is 19.1. The Kier molecular flexibility index (Phi) is 6.45. The highest BCUT2D eigenvalue weighted by Crippen LogP contribution is 2.27. The zero-order valence-electron chi connectivity index (χ0n) is 13.8. The molecule has 132 valence electrons. The molecule has 7 heteroatoms. The quantitative estimate of drug-likeness (QED) is 0.576. The Balaban J connectivity index is 1.93. The largest absolute Gasteiger partial charge is 0.477 e. The van der Waals surface area contributed by atoms with Gasteiger partial charge < -0.3 is 10.1 Å². The van der Waals surface area contributed by atoms with Gasteiger partial charge in [0.1, 0.15) is 5.82 Å². The number of ether oxygens (including phenoxy) is 1. The summed E-state index contributed by atoms with van der Waals surface area (Å²) in [6.07, 6.45) is 3.20. The highest BCUT2D eigenvalue weighted by molar-refractivity contribution is 5.91. The topological polar surface area (TPSA) is 81.5 Å². The number of anilines is 1. The summed E-state index contributed by atoms with van der Waals surface area (Å²) in [5, 5.41) is 13.5. The maximum Gasteiger partial charge on any atom is 0.311 e. The summed E-state index contributed by atoms with van der Waals surface area (Å²) >= 11 is 0. The number of amides is 1. The van der Waals surface area contributed by atoms with E-state index in [2.05, 4.69) is 12.2 Å². The van der Waals surface area contributed by atoms with E-state index in [1.54, 1.807) is 12.1 Å². The molecule has 2 aromatic carbocycles. The van der Waals surface area contributed by atoms with Crippen molar-refractivity contribution in [3.8, 4) is 5.75 Å². The molecule has 0 aliphatic heterocycles. The molecule has 0 unspecified atom stereocenters. The molecule has 0 bridgehead atoms. The monoisotopic (exact) mass is 346 g/mol. The van der Waals surface area contributed by atoms with Crippen molar-refractivity contribution in [1.82, 2.24) is 0 Å². The van der Waals surface area contributed by atoms with Crippen molar-refractivity contribution in [1.29, 1.82) is 0 Å². The number of nitrogens with zero attached hydrogens (tertiary/aromatic N) is 1. The van der Waals surface area contributed by atoms with Crippen LogP contribution in [0.25, 0.3) is 0 Å². The summed E-state index contributed by atoms with van der Waals surface area (Å²) in [7, 11) is 0. The van der Waals surface area contributed by atoms with Gasteiger partial charge in [0.2, 0.25) is 5.75 Å². The van der Waals surface area contributed by atoms with E-state index in [0.717, 1.165) is 37.5 Å². The van der Waals surface area contributed by atoms with Crippen molar-refractivity contribution in [3.05, 3.63) is 64.0 Å². The van der Waals surface area contributed by atoms with E-state index in [-0.39, 0.29) is 5.75 Å². The number of hydrogen-bond acceptors (Lipinski definition) is 4. The van der Waals surface area contributed by atoms with Crippen LogP contribution < -0.4 is 10.1 Å². The van der Waals surface area contributed by atoms with Gasteiger partial charge in [0.15, 0.2) is 6.61 Å². The fourth-order valence-corrected chi connectivity index (χ4v) is 2.23. The van der Waals surface area contributed by atoms with Crippen LogP contribution in [0, 0.1) is 15.9 Å². The molecule has 0 aromatic heterocycles. The molecule has 0 heterocycles. The second-order valence-corrected chi connectivity index (χ2v) is 5.51. The highest BCUT2D eigenvalue weighted by Gasteiger charge is 2.17. The zero-order chi connectivity index (χ0) is 18.2. The van der Waals surface area contributed by atoms with E-state index in [4.69, 9.17) is 4.74 Å². The van der Waals surface area contributed by atoms with Gasteiger partial charge in [-0.25, -0.2) is 4.39 Å². The molecule has 2 rings (SSSR count). The Morgan fingerprint density at radius 2 is 1.96 bits per heavy atom. The lowest BCUT2D eigenvalue weighted by Crippen LogP contribution is -2.20. The van der Waals surface area contributed by atoms with Gasteiger partial charge in [-0.1, -0.05) is 25.5 Å². The van der Waals surface area contributed by atoms with E-state index in [9.17, 15) is 19.3 Å². The van der Waals surface area contributed by atoms with Gasteiger partial charge in [-0.2, -0.15) is 0 Å². The molecule has 0 spiro atoms. The molecule has 0 radical (unpaired) electrons. The number of nitrogens with one attached hydrogen (secondary N) is 1. The first kappa shape index (κ1) is 18.4. The van der Waals surface area contributed by atoms with Crippen LogP contribution in [0.3, 0.4) is 0 Å².